The van der Waals surface area contributed by atoms with E-state index in [1.165, 1.54) is 0 Å². The predicted molar refractivity (Wildman–Crippen MR) is 137 cm³/mol. The minimum atomic E-state index is -0.192. The molecule has 3 aromatic heterocycles. The number of hydrogen-bond donors (Lipinski definition) is 2. The molecule has 6 rings (SSSR count). The lowest BCUT2D eigenvalue weighted by Gasteiger charge is -2.24. The lowest BCUT2D eigenvalue weighted by molar-refractivity contribution is 0.774. The Morgan fingerprint density at radius 2 is 1.82 bits per heavy atom. The molecule has 2 N–H and O–H groups in total. The van der Waals surface area contributed by atoms with E-state index in [0.717, 1.165) is 64.8 Å². The van der Waals surface area contributed by atoms with Crippen LogP contribution in [0.4, 0.5) is 11.5 Å². The summed E-state index contributed by atoms with van der Waals surface area (Å²) in [7, 11) is 0. The van der Waals surface area contributed by atoms with E-state index in [4.69, 9.17) is 0 Å². The van der Waals surface area contributed by atoms with Crippen molar-refractivity contribution in [3.05, 3.63) is 89.2 Å². The third kappa shape index (κ3) is 3.41. The van der Waals surface area contributed by atoms with Crippen LogP contribution in [0, 0.1) is 0 Å². The second-order valence-electron chi connectivity index (χ2n) is 8.81. The van der Waals surface area contributed by atoms with Gasteiger partial charge in [0.2, 0.25) is 0 Å². The number of H-pyrrole nitrogens is 1. The molecule has 1 aliphatic heterocycles. The second-order valence-corrected chi connectivity index (χ2v) is 8.81. The first-order valence-corrected chi connectivity index (χ1v) is 11.7. The van der Waals surface area contributed by atoms with Crippen molar-refractivity contribution in [1.82, 2.24) is 19.5 Å². The third-order valence-corrected chi connectivity index (χ3v) is 6.65. The molecule has 34 heavy (non-hydrogen) atoms. The maximum atomic E-state index is 14.1. The van der Waals surface area contributed by atoms with E-state index in [1.54, 1.807) is 12.5 Å². The summed E-state index contributed by atoms with van der Waals surface area (Å²) in [4.78, 5) is 28.5. The fourth-order valence-corrected chi connectivity index (χ4v) is 5.00. The first kappa shape index (κ1) is 20.5. The smallest absolute Gasteiger partial charge is 0.265 e. The lowest BCUT2D eigenvalue weighted by Crippen LogP contribution is -2.28. The molecular weight excluding hydrogens is 424 g/mol. The zero-order chi connectivity index (χ0) is 23.1. The van der Waals surface area contributed by atoms with Crippen molar-refractivity contribution in [3.8, 4) is 5.69 Å². The summed E-state index contributed by atoms with van der Waals surface area (Å²) in [6.45, 7) is 4.03. The molecule has 0 amide bonds. The molecule has 0 aliphatic carbocycles. The number of anilines is 2. The Balaban J connectivity index is 1.54. The van der Waals surface area contributed by atoms with Gasteiger partial charge in [0.25, 0.3) is 5.56 Å². The van der Waals surface area contributed by atoms with Crippen LogP contribution in [-0.2, 0) is 0 Å². The number of nitrogens with one attached hydrogen (secondary N) is 2. The second kappa shape index (κ2) is 8.33. The lowest BCUT2D eigenvalue weighted by atomic mass is 10.1. The Labute approximate surface area is 197 Å². The Morgan fingerprint density at radius 3 is 2.65 bits per heavy atom. The van der Waals surface area contributed by atoms with Crippen LogP contribution >= 0.6 is 0 Å². The van der Waals surface area contributed by atoms with Gasteiger partial charge in [0, 0.05) is 30.7 Å². The Morgan fingerprint density at radius 1 is 1.00 bits per heavy atom. The first-order chi connectivity index (χ1) is 16.7. The number of hydrogen-bond acceptors (Lipinski definition) is 5. The minimum absolute atomic E-state index is 0.000729. The molecule has 1 fully saturated rings. The molecule has 1 aliphatic rings. The molecule has 170 valence electrons. The molecule has 0 saturated carbocycles. The topological polar surface area (TPSA) is 78.8 Å². The number of imidazole rings is 1. The van der Waals surface area contributed by atoms with Gasteiger partial charge in [-0.2, -0.15) is 0 Å². The van der Waals surface area contributed by atoms with Crippen LogP contribution in [0.2, 0.25) is 0 Å². The van der Waals surface area contributed by atoms with Gasteiger partial charge in [-0.15, -0.1) is 0 Å². The highest BCUT2D eigenvalue weighted by atomic mass is 16.1. The zero-order valence-corrected chi connectivity index (χ0v) is 19.0. The van der Waals surface area contributed by atoms with Crippen molar-refractivity contribution in [2.24, 2.45) is 0 Å². The molecule has 7 heteroatoms. The number of pyridine rings is 2. The van der Waals surface area contributed by atoms with E-state index in [1.807, 2.05) is 47.0 Å². The molecule has 7 nitrogen and oxygen atoms in total. The number of aromatic nitrogens is 4. The van der Waals surface area contributed by atoms with Crippen molar-refractivity contribution < 1.29 is 0 Å². The third-order valence-electron chi connectivity index (χ3n) is 6.65. The largest absolute Gasteiger partial charge is 0.371 e. The van der Waals surface area contributed by atoms with Crippen LogP contribution in [0.25, 0.3) is 27.5 Å². The van der Waals surface area contributed by atoms with Crippen LogP contribution in [0.5, 0.6) is 0 Å². The van der Waals surface area contributed by atoms with Crippen molar-refractivity contribution in [1.29, 1.82) is 0 Å². The van der Waals surface area contributed by atoms with Gasteiger partial charge >= 0.3 is 0 Å². The monoisotopic (exact) mass is 450 g/mol. The minimum Gasteiger partial charge on any atom is -0.371 e. The summed E-state index contributed by atoms with van der Waals surface area (Å²) < 4.78 is 1.84. The average molecular weight is 451 g/mol. The predicted octanol–water partition coefficient (Wildman–Crippen LogP) is 5.04. The molecule has 4 heterocycles. The van der Waals surface area contributed by atoms with E-state index in [2.05, 4.69) is 50.3 Å². The van der Waals surface area contributed by atoms with Gasteiger partial charge in [0.15, 0.2) is 5.82 Å². The molecule has 0 spiro atoms. The van der Waals surface area contributed by atoms with Gasteiger partial charge in [0.1, 0.15) is 5.52 Å². The van der Waals surface area contributed by atoms with Crippen molar-refractivity contribution in [2.75, 3.05) is 23.3 Å². The number of rotatable bonds is 5. The molecule has 0 bridgehead atoms. The van der Waals surface area contributed by atoms with Crippen molar-refractivity contribution in [3.63, 3.8) is 0 Å². The maximum Gasteiger partial charge on any atom is 0.265 e. The van der Waals surface area contributed by atoms with Gasteiger partial charge in [-0.25, -0.2) is 9.97 Å². The summed E-state index contributed by atoms with van der Waals surface area (Å²) in [5, 5.41) is 5.22. The fraction of sp³-hybridized carbons (Fsp3) is 0.222. The van der Waals surface area contributed by atoms with Gasteiger partial charge in [0.05, 0.1) is 29.0 Å². The quantitative estimate of drug-likeness (QED) is 0.392. The summed E-state index contributed by atoms with van der Waals surface area (Å²) in [6, 6.07) is 19.9. The van der Waals surface area contributed by atoms with Gasteiger partial charge in [-0.3, -0.25) is 9.36 Å². The highest BCUT2D eigenvalue weighted by molar-refractivity contribution is 5.94. The van der Waals surface area contributed by atoms with Crippen LogP contribution in [0.1, 0.15) is 31.5 Å². The highest BCUT2D eigenvalue weighted by Crippen LogP contribution is 2.31. The summed E-state index contributed by atoms with van der Waals surface area (Å²) in [5.41, 5.74) is 4.44. The van der Waals surface area contributed by atoms with E-state index in [-0.39, 0.29) is 11.6 Å². The average Bonchev–Trinajstić information content (AvgIpc) is 3.57. The summed E-state index contributed by atoms with van der Waals surface area (Å²) >= 11 is 0. The van der Waals surface area contributed by atoms with Gasteiger partial charge < -0.3 is 15.2 Å². The van der Waals surface area contributed by atoms with E-state index >= 15 is 0 Å². The molecule has 0 unspecified atom stereocenters. The Kier molecular flexibility index (Phi) is 5.02. The number of aromatic amines is 1. The number of nitrogens with zero attached hydrogens (tertiary/aromatic N) is 4. The summed E-state index contributed by atoms with van der Waals surface area (Å²) in [5.74, 6) is 0.684. The van der Waals surface area contributed by atoms with E-state index < -0.39 is 0 Å². The van der Waals surface area contributed by atoms with Crippen molar-refractivity contribution >= 4 is 33.3 Å². The SMILES string of the molecule is C[C@@H](Nc1nccc2[nH]cnc12)c1cc2cccc(N3CCCC3)c2c(=O)n1-c1ccccc1. The molecule has 0 radical (unpaired) electrons. The molecule has 1 atom stereocenters. The van der Waals surface area contributed by atoms with Crippen LogP contribution in [0.15, 0.2) is 78.0 Å². The maximum absolute atomic E-state index is 14.1. The van der Waals surface area contributed by atoms with E-state index in [0.29, 0.717) is 5.82 Å². The van der Waals surface area contributed by atoms with Gasteiger partial charge in [-0.05, 0) is 55.5 Å². The molecule has 1 saturated heterocycles. The standard InChI is InChI=1S/C27H26N6O/c1-18(31-26-25-21(12-13-28-26)29-17-30-25)23-16-19-8-7-11-22(32-14-5-6-15-32)24(19)27(34)33(23)20-9-3-2-4-10-20/h2-4,7-13,16-18H,5-6,14-15H2,1H3,(H,28,31)(H,29,30)/t18-/m1/s1. The molecular formula is C27H26N6O. The Hall–Kier alpha value is -4.13. The fourth-order valence-electron chi connectivity index (χ4n) is 5.00. The zero-order valence-electron chi connectivity index (χ0n) is 19.0. The number of fused-ring (bicyclic) bond motifs is 2. The Bertz CT molecular complexity index is 1530. The van der Waals surface area contributed by atoms with Gasteiger partial charge in [-0.1, -0.05) is 30.3 Å². The van der Waals surface area contributed by atoms with Crippen molar-refractivity contribution in [2.45, 2.75) is 25.8 Å². The van der Waals surface area contributed by atoms with Crippen LogP contribution in [-0.4, -0.2) is 32.6 Å². The van der Waals surface area contributed by atoms with E-state index in [9.17, 15) is 4.79 Å². The van der Waals surface area contributed by atoms with Crippen LogP contribution < -0.4 is 15.8 Å². The highest BCUT2D eigenvalue weighted by Gasteiger charge is 2.22. The molecule has 2 aromatic carbocycles. The number of benzene rings is 2. The summed E-state index contributed by atoms with van der Waals surface area (Å²) in [6.07, 6.45) is 5.74. The first-order valence-electron chi connectivity index (χ1n) is 11.7. The number of para-hydroxylation sites is 1. The van der Waals surface area contributed by atoms with Crippen LogP contribution in [0.3, 0.4) is 0 Å². The normalized spacial score (nSPS) is 14.7. The molecule has 5 aromatic rings.